The van der Waals surface area contributed by atoms with Crippen LogP contribution < -0.4 is 5.32 Å². The number of likely N-dealkylation sites (tertiary alicyclic amines) is 1. The van der Waals surface area contributed by atoms with Crippen LogP contribution in [0.5, 0.6) is 0 Å². The quantitative estimate of drug-likeness (QED) is 0.779. The molecule has 3 rings (SSSR count). The molecular formula is C18H32N2O3. The van der Waals surface area contributed by atoms with E-state index < -0.39 is 5.60 Å². The summed E-state index contributed by atoms with van der Waals surface area (Å²) in [6.45, 7) is 4.03. The van der Waals surface area contributed by atoms with Crippen molar-refractivity contribution in [1.82, 2.24) is 10.2 Å². The molecule has 2 atom stereocenters. The van der Waals surface area contributed by atoms with Gasteiger partial charge in [-0.05, 0) is 51.9 Å². The van der Waals surface area contributed by atoms with Gasteiger partial charge in [0.25, 0.3) is 0 Å². The normalized spacial score (nSPS) is 34.9. The Morgan fingerprint density at radius 3 is 2.70 bits per heavy atom. The van der Waals surface area contributed by atoms with E-state index in [0.29, 0.717) is 13.0 Å². The average Bonchev–Trinajstić information content (AvgIpc) is 2.69. The van der Waals surface area contributed by atoms with E-state index in [0.717, 1.165) is 51.7 Å². The van der Waals surface area contributed by atoms with Crippen molar-refractivity contribution in [3.05, 3.63) is 0 Å². The zero-order valence-corrected chi connectivity index (χ0v) is 14.5. The monoisotopic (exact) mass is 324 g/mol. The summed E-state index contributed by atoms with van der Waals surface area (Å²) in [5, 5.41) is 13.4. The molecule has 2 saturated heterocycles. The molecule has 3 fully saturated rings. The van der Waals surface area contributed by atoms with Crippen LogP contribution in [0, 0.1) is 0 Å². The van der Waals surface area contributed by atoms with Gasteiger partial charge in [0.1, 0.15) is 0 Å². The molecule has 0 aromatic carbocycles. The van der Waals surface area contributed by atoms with Crippen molar-refractivity contribution in [1.29, 1.82) is 0 Å². The Balaban J connectivity index is 1.53. The highest BCUT2D eigenvalue weighted by Crippen LogP contribution is 2.38. The number of rotatable bonds is 1. The van der Waals surface area contributed by atoms with Crippen LogP contribution in [0.4, 0.5) is 4.79 Å². The molecule has 5 nitrogen and oxygen atoms in total. The zero-order valence-electron chi connectivity index (χ0n) is 14.5. The SMILES string of the molecule is CC1(O)CCCN(C(=O)NC2CCOC3(CCCCC3)C2)CC1. The average molecular weight is 324 g/mol. The minimum atomic E-state index is -0.625. The van der Waals surface area contributed by atoms with Crippen LogP contribution >= 0.6 is 0 Å². The Morgan fingerprint density at radius 2 is 1.91 bits per heavy atom. The van der Waals surface area contributed by atoms with Crippen molar-refractivity contribution in [3.63, 3.8) is 0 Å². The van der Waals surface area contributed by atoms with E-state index in [4.69, 9.17) is 4.74 Å². The fourth-order valence-electron chi connectivity index (χ4n) is 4.43. The number of hydrogen-bond donors (Lipinski definition) is 2. The maximum atomic E-state index is 12.6. The first-order valence-electron chi connectivity index (χ1n) is 9.40. The summed E-state index contributed by atoms with van der Waals surface area (Å²) in [7, 11) is 0. The van der Waals surface area contributed by atoms with Gasteiger partial charge >= 0.3 is 6.03 Å². The van der Waals surface area contributed by atoms with Gasteiger partial charge in [0.05, 0.1) is 11.2 Å². The predicted molar refractivity (Wildman–Crippen MR) is 89.4 cm³/mol. The number of urea groups is 1. The molecule has 3 aliphatic rings. The molecule has 132 valence electrons. The highest BCUT2D eigenvalue weighted by atomic mass is 16.5. The second-order valence-electron chi connectivity index (χ2n) is 8.07. The van der Waals surface area contributed by atoms with Crippen molar-refractivity contribution < 1.29 is 14.6 Å². The van der Waals surface area contributed by atoms with Crippen LogP contribution in [0.15, 0.2) is 0 Å². The molecule has 1 saturated carbocycles. The lowest BCUT2D eigenvalue weighted by Gasteiger charge is -2.44. The van der Waals surface area contributed by atoms with Crippen LogP contribution in [0.1, 0.15) is 71.1 Å². The largest absolute Gasteiger partial charge is 0.390 e. The molecule has 23 heavy (non-hydrogen) atoms. The van der Waals surface area contributed by atoms with Gasteiger partial charge in [-0.2, -0.15) is 0 Å². The van der Waals surface area contributed by atoms with Gasteiger partial charge in [0, 0.05) is 25.7 Å². The molecule has 1 spiro atoms. The minimum Gasteiger partial charge on any atom is -0.390 e. The van der Waals surface area contributed by atoms with Crippen LogP contribution in [0.25, 0.3) is 0 Å². The van der Waals surface area contributed by atoms with Crippen LogP contribution in [-0.4, -0.2) is 53.0 Å². The van der Waals surface area contributed by atoms with Gasteiger partial charge in [-0.1, -0.05) is 19.3 Å². The Bertz CT molecular complexity index is 413. The van der Waals surface area contributed by atoms with Gasteiger partial charge < -0.3 is 20.1 Å². The van der Waals surface area contributed by atoms with Crippen molar-refractivity contribution >= 4 is 6.03 Å². The van der Waals surface area contributed by atoms with Crippen LogP contribution in [0.3, 0.4) is 0 Å². The number of ether oxygens (including phenoxy) is 1. The van der Waals surface area contributed by atoms with Crippen LogP contribution in [-0.2, 0) is 4.74 Å². The summed E-state index contributed by atoms with van der Waals surface area (Å²) in [4.78, 5) is 14.5. The first-order chi connectivity index (χ1) is 11.0. The molecule has 1 aliphatic carbocycles. The topological polar surface area (TPSA) is 61.8 Å². The standard InChI is InChI=1S/C18H32N2O3/c1-17(22)7-5-11-20(12-10-17)16(21)19-15-6-13-23-18(14-15)8-3-2-4-9-18/h15,22H,2-14H2,1H3,(H,19,21). The molecule has 0 aromatic heterocycles. The molecule has 0 aromatic rings. The van der Waals surface area contributed by atoms with Crippen molar-refractivity contribution in [3.8, 4) is 0 Å². The molecule has 0 bridgehead atoms. The van der Waals surface area contributed by atoms with Gasteiger partial charge in [-0.3, -0.25) is 0 Å². The lowest BCUT2D eigenvalue weighted by atomic mass is 9.78. The first kappa shape index (κ1) is 17.0. The number of aliphatic hydroxyl groups is 1. The number of nitrogens with one attached hydrogen (secondary N) is 1. The molecule has 2 N–H and O–H groups in total. The number of nitrogens with zero attached hydrogens (tertiary/aromatic N) is 1. The van der Waals surface area contributed by atoms with E-state index in [1.54, 1.807) is 0 Å². The second kappa shape index (κ2) is 6.98. The fourth-order valence-corrected chi connectivity index (χ4v) is 4.43. The van der Waals surface area contributed by atoms with Gasteiger partial charge in [-0.25, -0.2) is 4.79 Å². The summed E-state index contributed by atoms with van der Waals surface area (Å²) in [6, 6.07) is 0.277. The van der Waals surface area contributed by atoms with Gasteiger partial charge in [-0.15, -0.1) is 0 Å². The smallest absolute Gasteiger partial charge is 0.317 e. The predicted octanol–water partition coefficient (Wildman–Crippen LogP) is 2.81. The lowest BCUT2D eigenvalue weighted by molar-refractivity contribution is -0.108. The Labute approximate surface area is 139 Å². The third kappa shape index (κ3) is 4.38. The number of carbonyl (C=O) groups excluding carboxylic acids is 1. The van der Waals surface area contributed by atoms with Crippen molar-refractivity contribution in [2.75, 3.05) is 19.7 Å². The third-order valence-corrected chi connectivity index (χ3v) is 5.94. The summed E-state index contributed by atoms with van der Waals surface area (Å²) in [6.07, 6.45) is 10.3. The molecule has 5 heteroatoms. The summed E-state index contributed by atoms with van der Waals surface area (Å²) < 4.78 is 6.11. The van der Waals surface area contributed by atoms with Crippen molar-refractivity contribution in [2.45, 2.75) is 88.4 Å². The van der Waals surface area contributed by atoms with E-state index in [9.17, 15) is 9.90 Å². The van der Waals surface area contributed by atoms with E-state index >= 15 is 0 Å². The maximum Gasteiger partial charge on any atom is 0.317 e. The molecule has 0 radical (unpaired) electrons. The summed E-state index contributed by atoms with van der Waals surface area (Å²) in [5.41, 5.74) is -0.600. The van der Waals surface area contributed by atoms with E-state index in [-0.39, 0.29) is 17.7 Å². The van der Waals surface area contributed by atoms with E-state index in [2.05, 4.69) is 5.32 Å². The maximum absolute atomic E-state index is 12.6. The number of amides is 2. The highest BCUT2D eigenvalue weighted by molar-refractivity contribution is 5.74. The fraction of sp³-hybridized carbons (Fsp3) is 0.944. The third-order valence-electron chi connectivity index (χ3n) is 5.94. The summed E-state index contributed by atoms with van der Waals surface area (Å²) in [5.74, 6) is 0. The number of carbonyl (C=O) groups is 1. The summed E-state index contributed by atoms with van der Waals surface area (Å²) >= 11 is 0. The highest BCUT2D eigenvalue weighted by Gasteiger charge is 2.39. The molecule has 2 heterocycles. The second-order valence-corrected chi connectivity index (χ2v) is 8.07. The first-order valence-corrected chi connectivity index (χ1v) is 9.40. The van der Waals surface area contributed by atoms with Crippen molar-refractivity contribution in [2.24, 2.45) is 0 Å². The van der Waals surface area contributed by atoms with Crippen LogP contribution in [0.2, 0.25) is 0 Å². The Morgan fingerprint density at radius 1 is 1.13 bits per heavy atom. The zero-order chi connectivity index (χ0) is 16.3. The lowest BCUT2D eigenvalue weighted by Crippen LogP contribution is -2.52. The number of hydrogen-bond acceptors (Lipinski definition) is 3. The molecule has 2 unspecified atom stereocenters. The van der Waals surface area contributed by atoms with Gasteiger partial charge in [0.2, 0.25) is 0 Å². The van der Waals surface area contributed by atoms with E-state index in [1.165, 1.54) is 19.3 Å². The van der Waals surface area contributed by atoms with Gasteiger partial charge in [0.15, 0.2) is 0 Å². The molecule has 2 amide bonds. The minimum absolute atomic E-state index is 0.0247. The van der Waals surface area contributed by atoms with E-state index in [1.807, 2.05) is 11.8 Å². The Hall–Kier alpha value is -0.810. The Kier molecular flexibility index (Phi) is 5.16. The molecular weight excluding hydrogens is 292 g/mol. The molecule has 2 aliphatic heterocycles.